The van der Waals surface area contributed by atoms with E-state index in [0.717, 1.165) is 10.4 Å². The Morgan fingerprint density at radius 1 is 1.40 bits per heavy atom. The third-order valence-electron chi connectivity index (χ3n) is 1.40. The van der Waals surface area contributed by atoms with Crippen LogP contribution in [0.5, 0.6) is 0 Å². The second-order valence-electron chi connectivity index (χ2n) is 2.19. The van der Waals surface area contributed by atoms with Crippen molar-refractivity contribution in [2.75, 3.05) is 0 Å². The van der Waals surface area contributed by atoms with E-state index in [1.54, 1.807) is 6.07 Å². The van der Waals surface area contributed by atoms with E-state index in [0.29, 0.717) is 0 Å². The third-order valence-corrected chi connectivity index (χ3v) is 2.56. The van der Waals surface area contributed by atoms with Crippen LogP contribution in [-0.2, 0) is 0 Å². The van der Waals surface area contributed by atoms with E-state index in [9.17, 15) is 8.78 Å². The van der Waals surface area contributed by atoms with Crippen LogP contribution in [0.25, 0.3) is 0 Å². The van der Waals surface area contributed by atoms with E-state index >= 15 is 0 Å². The first-order chi connectivity index (χ1) is 4.61. The SMILES string of the molecule is Cc1cc(C(F)F)sc1C. The lowest BCUT2D eigenvalue weighted by atomic mass is 10.3. The maximum Gasteiger partial charge on any atom is 0.272 e. The number of halogens is 2. The highest BCUT2D eigenvalue weighted by Crippen LogP contribution is 2.29. The molecule has 0 aliphatic rings. The molecule has 10 heavy (non-hydrogen) atoms. The lowest BCUT2D eigenvalue weighted by molar-refractivity contribution is 0.155. The fourth-order valence-corrected chi connectivity index (χ4v) is 1.61. The zero-order valence-electron chi connectivity index (χ0n) is 5.82. The van der Waals surface area contributed by atoms with E-state index in [1.807, 2.05) is 13.8 Å². The number of aryl methyl sites for hydroxylation is 2. The summed E-state index contributed by atoms with van der Waals surface area (Å²) in [5.41, 5.74) is 0.959. The Labute approximate surface area is 62.5 Å². The molecule has 0 atom stereocenters. The van der Waals surface area contributed by atoms with Crippen LogP contribution < -0.4 is 0 Å². The molecule has 0 radical (unpaired) electrons. The normalized spacial score (nSPS) is 10.9. The minimum Gasteiger partial charge on any atom is -0.204 e. The fourth-order valence-electron chi connectivity index (χ4n) is 0.709. The maximum atomic E-state index is 12.0. The van der Waals surface area contributed by atoms with Crippen LogP contribution in [0.1, 0.15) is 21.7 Å². The molecule has 0 spiro atoms. The number of rotatable bonds is 1. The molecule has 1 heterocycles. The van der Waals surface area contributed by atoms with Gasteiger partial charge in [0.25, 0.3) is 6.43 Å². The van der Waals surface area contributed by atoms with Crippen LogP contribution in [0.15, 0.2) is 6.07 Å². The molecule has 0 saturated carbocycles. The molecule has 0 amide bonds. The molecule has 0 N–H and O–H groups in total. The Morgan fingerprint density at radius 2 is 2.00 bits per heavy atom. The van der Waals surface area contributed by atoms with Crippen LogP contribution >= 0.6 is 11.3 Å². The van der Waals surface area contributed by atoms with Crippen LogP contribution in [0.4, 0.5) is 8.78 Å². The monoisotopic (exact) mass is 162 g/mol. The first-order valence-electron chi connectivity index (χ1n) is 2.96. The van der Waals surface area contributed by atoms with Gasteiger partial charge in [0.1, 0.15) is 0 Å². The van der Waals surface area contributed by atoms with Crippen LogP contribution in [0.3, 0.4) is 0 Å². The molecule has 1 rings (SSSR count). The summed E-state index contributed by atoms with van der Waals surface area (Å²) in [7, 11) is 0. The summed E-state index contributed by atoms with van der Waals surface area (Å²) in [5.74, 6) is 0. The topological polar surface area (TPSA) is 0 Å². The molecule has 0 fully saturated rings. The minimum atomic E-state index is -2.31. The molecule has 0 aliphatic heterocycles. The second-order valence-corrected chi connectivity index (χ2v) is 3.48. The van der Waals surface area contributed by atoms with E-state index < -0.39 is 6.43 Å². The van der Waals surface area contributed by atoms with Crippen LogP contribution in [0, 0.1) is 13.8 Å². The van der Waals surface area contributed by atoms with Gasteiger partial charge in [-0.3, -0.25) is 0 Å². The number of alkyl halides is 2. The fraction of sp³-hybridized carbons (Fsp3) is 0.429. The molecule has 0 aromatic carbocycles. The Morgan fingerprint density at radius 3 is 2.20 bits per heavy atom. The number of hydrogen-bond donors (Lipinski definition) is 0. The van der Waals surface area contributed by atoms with E-state index in [-0.39, 0.29) is 4.88 Å². The van der Waals surface area contributed by atoms with Gasteiger partial charge in [-0.2, -0.15) is 0 Å². The molecule has 56 valence electrons. The molecule has 1 aromatic rings. The highest BCUT2D eigenvalue weighted by atomic mass is 32.1. The second kappa shape index (κ2) is 2.66. The Kier molecular flexibility index (Phi) is 2.04. The quantitative estimate of drug-likeness (QED) is 0.594. The minimum absolute atomic E-state index is 0.176. The third kappa shape index (κ3) is 1.34. The molecular weight excluding hydrogens is 154 g/mol. The van der Waals surface area contributed by atoms with Gasteiger partial charge in [0, 0.05) is 4.88 Å². The summed E-state index contributed by atoms with van der Waals surface area (Å²) in [5, 5.41) is 0. The molecule has 0 saturated heterocycles. The van der Waals surface area contributed by atoms with E-state index in [2.05, 4.69) is 0 Å². The summed E-state index contributed by atoms with van der Waals surface area (Å²) in [6.45, 7) is 3.70. The predicted molar refractivity (Wildman–Crippen MR) is 38.8 cm³/mol. The summed E-state index contributed by atoms with van der Waals surface area (Å²) in [4.78, 5) is 1.16. The van der Waals surface area contributed by atoms with E-state index in [4.69, 9.17) is 0 Å². The average molecular weight is 162 g/mol. The molecule has 0 aliphatic carbocycles. The standard InChI is InChI=1S/C7H8F2S/c1-4-3-6(7(8)9)10-5(4)2/h3,7H,1-2H3. The highest BCUT2D eigenvalue weighted by Gasteiger charge is 2.10. The summed E-state index contributed by atoms with van der Waals surface area (Å²) < 4.78 is 23.9. The highest BCUT2D eigenvalue weighted by molar-refractivity contribution is 7.12. The first kappa shape index (κ1) is 7.66. The van der Waals surface area contributed by atoms with Crippen molar-refractivity contribution in [3.05, 3.63) is 21.4 Å². The Bertz CT molecular complexity index is 208. The van der Waals surface area contributed by atoms with Crippen molar-refractivity contribution in [3.63, 3.8) is 0 Å². The zero-order chi connectivity index (χ0) is 7.72. The summed E-state index contributed by atoms with van der Waals surface area (Å²) >= 11 is 1.17. The molecule has 1 aromatic heterocycles. The molecule has 0 nitrogen and oxygen atoms in total. The van der Waals surface area contributed by atoms with Crippen molar-refractivity contribution in [1.29, 1.82) is 0 Å². The van der Waals surface area contributed by atoms with Gasteiger partial charge < -0.3 is 0 Å². The van der Waals surface area contributed by atoms with Gasteiger partial charge in [-0.15, -0.1) is 11.3 Å². The lowest BCUT2D eigenvalue weighted by Crippen LogP contribution is -1.73. The van der Waals surface area contributed by atoms with Gasteiger partial charge >= 0.3 is 0 Å². The van der Waals surface area contributed by atoms with E-state index in [1.165, 1.54) is 11.3 Å². The van der Waals surface area contributed by atoms with Crippen molar-refractivity contribution in [2.45, 2.75) is 20.3 Å². The van der Waals surface area contributed by atoms with Crippen LogP contribution in [-0.4, -0.2) is 0 Å². The lowest BCUT2D eigenvalue weighted by Gasteiger charge is -1.88. The maximum absolute atomic E-state index is 12.0. The van der Waals surface area contributed by atoms with Gasteiger partial charge in [-0.1, -0.05) is 0 Å². The van der Waals surface area contributed by atoms with Gasteiger partial charge in [-0.05, 0) is 25.5 Å². The number of hydrogen-bond acceptors (Lipinski definition) is 1. The van der Waals surface area contributed by atoms with Crippen LogP contribution in [0.2, 0.25) is 0 Å². The van der Waals surface area contributed by atoms with Gasteiger partial charge in [0.15, 0.2) is 0 Å². The van der Waals surface area contributed by atoms with Gasteiger partial charge in [-0.25, -0.2) is 8.78 Å². The van der Waals surface area contributed by atoms with Crippen molar-refractivity contribution in [3.8, 4) is 0 Å². The summed E-state index contributed by atoms with van der Waals surface area (Å²) in [6, 6.07) is 1.55. The first-order valence-corrected chi connectivity index (χ1v) is 3.78. The Hall–Kier alpha value is -0.440. The van der Waals surface area contributed by atoms with Crippen molar-refractivity contribution >= 4 is 11.3 Å². The molecular formula is C7H8F2S. The molecule has 0 unspecified atom stereocenters. The summed E-state index contributed by atoms with van der Waals surface area (Å²) in [6.07, 6.45) is -2.31. The predicted octanol–water partition coefficient (Wildman–Crippen LogP) is 3.30. The van der Waals surface area contributed by atoms with Gasteiger partial charge in [0.05, 0.1) is 4.88 Å². The van der Waals surface area contributed by atoms with Crippen molar-refractivity contribution in [1.82, 2.24) is 0 Å². The average Bonchev–Trinajstić information content (AvgIpc) is 2.13. The molecule has 3 heteroatoms. The number of thiophene rings is 1. The molecule has 0 bridgehead atoms. The van der Waals surface area contributed by atoms with Crippen molar-refractivity contribution in [2.24, 2.45) is 0 Å². The van der Waals surface area contributed by atoms with Gasteiger partial charge in [0.2, 0.25) is 0 Å². The largest absolute Gasteiger partial charge is 0.272 e. The smallest absolute Gasteiger partial charge is 0.204 e. The zero-order valence-corrected chi connectivity index (χ0v) is 6.64. The van der Waals surface area contributed by atoms with Crippen molar-refractivity contribution < 1.29 is 8.78 Å². The Balaban J connectivity index is 2.98.